The molecular weight excluding hydrogens is 154 g/mol. The van der Waals surface area contributed by atoms with Gasteiger partial charge in [-0.05, 0) is 31.6 Å². The van der Waals surface area contributed by atoms with Gasteiger partial charge in [-0.25, -0.2) is 0 Å². The van der Waals surface area contributed by atoms with Crippen molar-refractivity contribution in [3.63, 3.8) is 0 Å². The highest BCUT2D eigenvalue weighted by molar-refractivity contribution is 5.84. The largest absolute Gasteiger partial charge is 0.335 e. The molecule has 1 amide bonds. The Kier molecular flexibility index (Phi) is 1.50. The van der Waals surface area contributed by atoms with E-state index in [9.17, 15) is 9.59 Å². The van der Waals surface area contributed by atoms with Crippen molar-refractivity contribution in [2.75, 3.05) is 6.54 Å². The van der Waals surface area contributed by atoms with Crippen molar-refractivity contribution in [2.45, 2.75) is 32.2 Å². The summed E-state index contributed by atoms with van der Waals surface area (Å²) in [6.07, 6.45) is 4.11. The van der Waals surface area contributed by atoms with Crippen LogP contribution in [-0.2, 0) is 9.59 Å². The molecule has 1 saturated heterocycles. The molecule has 0 unspecified atom stereocenters. The Hall–Kier alpha value is -0.860. The molecular formula is C9H13NO2. The highest BCUT2D eigenvalue weighted by Gasteiger charge is 2.52. The molecule has 0 bridgehead atoms. The molecule has 66 valence electrons. The predicted molar refractivity (Wildman–Crippen MR) is 43.5 cm³/mol. The topological polar surface area (TPSA) is 37.4 Å². The second-order valence-electron chi connectivity index (χ2n) is 4.11. The van der Waals surface area contributed by atoms with Gasteiger partial charge in [0.1, 0.15) is 0 Å². The highest BCUT2D eigenvalue weighted by atomic mass is 16.1. The van der Waals surface area contributed by atoms with E-state index in [2.05, 4.69) is 0 Å². The molecule has 0 radical (unpaired) electrons. The van der Waals surface area contributed by atoms with Gasteiger partial charge < -0.3 is 4.90 Å². The lowest BCUT2D eigenvalue weighted by Gasteiger charge is -2.15. The molecule has 3 nitrogen and oxygen atoms in total. The van der Waals surface area contributed by atoms with Gasteiger partial charge in [0.05, 0.1) is 6.04 Å². The smallest absolute Gasteiger partial charge is 0.210 e. The predicted octanol–water partition coefficient (Wildman–Crippen LogP) is 0.586. The highest BCUT2D eigenvalue weighted by Crippen LogP contribution is 2.54. The number of hydrogen-bond donors (Lipinski definition) is 0. The molecule has 2 rings (SSSR count). The maximum atomic E-state index is 11.1. The van der Waals surface area contributed by atoms with Crippen LogP contribution in [0.5, 0.6) is 0 Å². The molecule has 12 heavy (non-hydrogen) atoms. The minimum absolute atomic E-state index is 0.120. The van der Waals surface area contributed by atoms with E-state index >= 15 is 0 Å². The van der Waals surface area contributed by atoms with E-state index in [1.165, 1.54) is 12.8 Å². The van der Waals surface area contributed by atoms with Crippen LogP contribution in [0, 0.1) is 5.41 Å². The summed E-state index contributed by atoms with van der Waals surface area (Å²) in [4.78, 5) is 23.4. The Balaban J connectivity index is 2.12. The second-order valence-corrected chi connectivity index (χ2v) is 4.11. The summed E-state index contributed by atoms with van der Waals surface area (Å²) in [6, 6.07) is -0.120. The average Bonchev–Trinajstić information content (AvgIpc) is 2.62. The number of likely N-dealkylation sites (tertiary alicyclic amines) is 1. The number of carbonyl (C=O) groups is 2. The van der Waals surface area contributed by atoms with Gasteiger partial charge in [-0.15, -0.1) is 0 Å². The lowest BCUT2D eigenvalue weighted by atomic mass is 10.0. The van der Waals surface area contributed by atoms with Crippen molar-refractivity contribution in [3.8, 4) is 0 Å². The van der Waals surface area contributed by atoms with Gasteiger partial charge in [-0.2, -0.15) is 0 Å². The quantitative estimate of drug-likeness (QED) is 0.564. The molecule has 1 aliphatic heterocycles. The molecule has 1 atom stereocenters. The van der Waals surface area contributed by atoms with Crippen molar-refractivity contribution in [3.05, 3.63) is 0 Å². The van der Waals surface area contributed by atoms with E-state index < -0.39 is 0 Å². The Morgan fingerprint density at radius 2 is 2.25 bits per heavy atom. The van der Waals surface area contributed by atoms with Gasteiger partial charge in [0.25, 0.3) is 0 Å². The third kappa shape index (κ3) is 1.04. The Labute approximate surface area is 71.7 Å². The number of amides is 1. The van der Waals surface area contributed by atoms with Crippen molar-refractivity contribution < 1.29 is 9.59 Å². The molecule has 0 aromatic carbocycles. The summed E-state index contributed by atoms with van der Waals surface area (Å²) in [6.45, 7) is 2.38. The van der Waals surface area contributed by atoms with Crippen LogP contribution >= 0.6 is 0 Å². The minimum atomic E-state index is -0.120. The fourth-order valence-corrected chi connectivity index (χ4v) is 2.12. The maximum Gasteiger partial charge on any atom is 0.210 e. The van der Waals surface area contributed by atoms with Gasteiger partial charge in [0, 0.05) is 6.54 Å². The zero-order valence-corrected chi connectivity index (χ0v) is 7.25. The van der Waals surface area contributed by atoms with Crippen molar-refractivity contribution in [1.29, 1.82) is 0 Å². The van der Waals surface area contributed by atoms with Crippen LogP contribution < -0.4 is 0 Å². The fraction of sp³-hybridized carbons (Fsp3) is 0.778. The van der Waals surface area contributed by atoms with Crippen LogP contribution in [0.1, 0.15) is 26.2 Å². The number of hydrogen-bond acceptors (Lipinski definition) is 2. The van der Waals surface area contributed by atoms with Crippen LogP contribution in [0.3, 0.4) is 0 Å². The lowest BCUT2D eigenvalue weighted by Crippen LogP contribution is -2.33. The summed E-state index contributed by atoms with van der Waals surface area (Å²) in [7, 11) is 0. The first-order valence-electron chi connectivity index (χ1n) is 4.38. The van der Waals surface area contributed by atoms with Gasteiger partial charge in [0.15, 0.2) is 5.78 Å². The van der Waals surface area contributed by atoms with Crippen LogP contribution in [0.2, 0.25) is 0 Å². The zero-order chi connectivity index (χ0) is 8.77. The first-order valence-corrected chi connectivity index (χ1v) is 4.38. The monoisotopic (exact) mass is 167 g/mol. The Bertz CT molecular complexity index is 233. The van der Waals surface area contributed by atoms with Crippen LogP contribution in [0.15, 0.2) is 0 Å². The normalized spacial score (nSPS) is 30.8. The Morgan fingerprint density at radius 1 is 1.58 bits per heavy atom. The third-order valence-electron chi connectivity index (χ3n) is 3.11. The number of Topliss-reactive ketones (excluding diaryl/α,β-unsaturated/α-hetero) is 1. The summed E-state index contributed by atoms with van der Waals surface area (Å²) in [5.74, 6) is 0.130. The number of ketones is 1. The maximum absolute atomic E-state index is 11.1. The number of rotatable bonds is 2. The number of carbonyl (C=O) groups excluding carboxylic acids is 2. The lowest BCUT2D eigenvalue weighted by molar-refractivity contribution is -0.128. The standard InChI is InChI=1S/C9H13NO2/c1-7(12)8-4-9(2-3-9)5-10(8)6-11/h6,8H,2-5H2,1H3/t8-/m0/s1. The second kappa shape index (κ2) is 2.31. The molecule has 0 aromatic rings. The van der Waals surface area contributed by atoms with E-state index in [0.717, 1.165) is 19.4 Å². The van der Waals surface area contributed by atoms with Crippen molar-refractivity contribution in [2.24, 2.45) is 5.41 Å². The van der Waals surface area contributed by atoms with E-state index in [0.29, 0.717) is 5.41 Å². The van der Waals surface area contributed by atoms with Crippen molar-refractivity contribution >= 4 is 12.2 Å². The molecule has 1 saturated carbocycles. The molecule has 2 fully saturated rings. The molecule has 2 aliphatic rings. The van der Waals surface area contributed by atoms with Crippen LogP contribution in [-0.4, -0.2) is 29.7 Å². The van der Waals surface area contributed by atoms with E-state index in [1.54, 1.807) is 11.8 Å². The van der Waals surface area contributed by atoms with Crippen LogP contribution in [0.25, 0.3) is 0 Å². The van der Waals surface area contributed by atoms with Crippen LogP contribution in [0.4, 0.5) is 0 Å². The molecule has 1 spiro atoms. The Morgan fingerprint density at radius 3 is 2.58 bits per heavy atom. The minimum Gasteiger partial charge on any atom is -0.335 e. The SMILES string of the molecule is CC(=O)[C@@H]1CC2(CC2)CN1C=O. The first-order chi connectivity index (χ1) is 5.67. The summed E-state index contributed by atoms with van der Waals surface area (Å²) in [5, 5.41) is 0. The molecule has 1 heterocycles. The zero-order valence-electron chi connectivity index (χ0n) is 7.25. The molecule has 0 N–H and O–H groups in total. The van der Waals surface area contributed by atoms with Gasteiger partial charge in [-0.3, -0.25) is 9.59 Å². The van der Waals surface area contributed by atoms with E-state index in [4.69, 9.17) is 0 Å². The molecule has 1 aliphatic carbocycles. The summed E-state index contributed by atoms with van der Waals surface area (Å²) in [5.41, 5.74) is 0.344. The molecule has 3 heteroatoms. The van der Waals surface area contributed by atoms with E-state index in [1.807, 2.05) is 0 Å². The first kappa shape index (κ1) is 7.77. The summed E-state index contributed by atoms with van der Waals surface area (Å²) < 4.78 is 0. The third-order valence-corrected chi connectivity index (χ3v) is 3.11. The van der Waals surface area contributed by atoms with Gasteiger partial charge >= 0.3 is 0 Å². The summed E-state index contributed by atoms with van der Waals surface area (Å²) >= 11 is 0. The number of nitrogens with zero attached hydrogens (tertiary/aromatic N) is 1. The molecule has 0 aromatic heterocycles. The van der Waals surface area contributed by atoms with Gasteiger partial charge in [0.2, 0.25) is 6.41 Å². The average molecular weight is 167 g/mol. The fourth-order valence-electron chi connectivity index (χ4n) is 2.12. The van der Waals surface area contributed by atoms with Crippen molar-refractivity contribution in [1.82, 2.24) is 4.90 Å². The van der Waals surface area contributed by atoms with Gasteiger partial charge in [-0.1, -0.05) is 0 Å². The van der Waals surface area contributed by atoms with E-state index in [-0.39, 0.29) is 11.8 Å².